The van der Waals surface area contributed by atoms with Gasteiger partial charge in [0.1, 0.15) is 5.82 Å². The lowest BCUT2D eigenvalue weighted by Gasteiger charge is -2.55. The van der Waals surface area contributed by atoms with E-state index in [1.165, 1.54) is 17.2 Å². The second-order valence-electron chi connectivity index (χ2n) is 8.45. The molecule has 1 aromatic heterocycles. The van der Waals surface area contributed by atoms with Crippen molar-refractivity contribution in [2.45, 2.75) is 12.3 Å². The minimum Gasteiger partial charge on any atom is -0.349 e. The number of alkyl halides is 2. The second kappa shape index (κ2) is 6.87. The molecule has 0 atom stereocenters. The van der Waals surface area contributed by atoms with E-state index in [0.29, 0.717) is 18.7 Å². The van der Waals surface area contributed by atoms with Gasteiger partial charge >= 0.3 is 6.03 Å². The van der Waals surface area contributed by atoms with Crippen molar-refractivity contribution >= 4 is 17.5 Å². The maximum Gasteiger partial charge on any atom is 0.322 e. The molecule has 3 aliphatic heterocycles. The van der Waals surface area contributed by atoms with Crippen LogP contribution in [-0.4, -0.2) is 61.1 Å². The van der Waals surface area contributed by atoms with Gasteiger partial charge in [-0.3, -0.25) is 0 Å². The van der Waals surface area contributed by atoms with Gasteiger partial charge in [0.05, 0.1) is 12.2 Å². The van der Waals surface area contributed by atoms with Gasteiger partial charge in [0, 0.05) is 61.9 Å². The molecule has 0 radical (unpaired) electrons. The fraction of sp³-hybridized carbons (Fsp3) is 0.429. The summed E-state index contributed by atoms with van der Waals surface area (Å²) in [6.45, 7) is 2.68. The zero-order chi connectivity index (χ0) is 20.9. The molecular formula is C21H22F3N5O. The van der Waals surface area contributed by atoms with E-state index in [9.17, 15) is 18.0 Å². The molecule has 4 heterocycles. The molecule has 2 amide bonds. The number of amides is 2. The molecule has 6 nitrogen and oxygen atoms in total. The van der Waals surface area contributed by atoms with Crippen LogP contribution in [0.1, 0.15) is 6.42 Å². The van der Waals surface area contributed by atoms with Gasteiger partial charge in [0.2, 0.25) is 0 Å². The molecule has 3 saturated heterocycles. The van der Waals surface area contributed by atoms with Crippen molar-refractivity contribution in [1.29, 1.82) is 0 Å². The predicted molar refractivity (Wildman–Crippen MR) is 107 cm³/mol. The highest BCUT2D eigenvalue weighted by Crippen LogP contribution is 2.40. The molecule has 2 N–H and O–H groups in total. The molecule has 0 saturated carbocycles. The first kappa shape index (κ1) is 19.2. The number of likely N-dealkylation sites (tertiary alicyclic amines) is 1. The predicted octanol–water partition coefficient (Wildman–Crippen LogP) is 3.17. The number of hydrogen-bond donors (Lipinski definition) is 2. The van der Waals surface area contributed by atoms with Crippen molar-refractivity contribution in [3.05, 3.63) is 42.3 Å². The first-order valence-corrected chi connectivity index (χ1v) is 9.99. The highest BCUT2D eigenvalue weighted by Gasteiger charge is 2.49. The Hall–Kier alpha value is -2.81. The maximum atomic E-state index is 14.5. The highest BCUT2D eigenvalue weighted by atomic mass is 19.3. The number of carbonyl (C=O) groups is 1. The van der Waals surface area contributed by atoms with E-state index in [1.807, 2.05) is 0 Å². The lowest BCUT2D eigenvalue weighted by Crippen LogP contribution is -2.72. The Morgan fingerprint density at radius 1 is 1.10 bits per heavy atom. The third-order valence-electron chi connectivity index (χ3n) is 6.14. The summed E-state index contributed by atoms with van der Waals surface area (Å²) in [4.78, 5) is 20.3. The topological polar surface area (TPSA) is 60.5 Å². The lowest BCUT2D eigenvalue weighted by atomic mass is 9.75. The van der Waals surface area contributed by atoms with E-state index in [1.54, 1.807) is 29.2 Å². The van der Waals surface area contributed by atoms with Gasteiger partial charge in [-0.1, -0.05) is 18.2 Å². The zero-order valence-corrected chi connectivity index (χ0v) is 16.3. The van der Waals surface area contributed by atoms with Crippen LogP contribution >= 0.6 is 0 Å². The number of nitrogens with one attached hydrogen (secondary N) is 2. The Balaban J connectivity index is 1.49. The van der Waals surface area contributed by atoms with Crippen molar-refractivity contribution in [1.82, 2.24) is 15.2 Å². The summed E-state index contributed by atoms with van der Waals surface area (Å²) in [5.41, 5.74) is 1.12. The van der Waals surface area contributed by atoms with Crippen molar-refractivity contribution in [2.24, 2.45) is 5.41 Å². The Bertz CT molecular complexity index is 986. The first-order valence-electron chi connectivity index (χ1n) is 9.99. The van der Waals surface area contributed by atoms with Crippen molar-refractivity contribution in [2.75, 3.05) is 49.5 Å². The van der Waals surface area contributed by atoms with Gasteiger partial charge < -0.3 is 20.4 Å². The number of aromatic nitrogens is 1. The minimum absolute atomic E-state index is 0.113. The van der Waals surface area contributed by atoms with Crippen molar-refractivity contribution in [3.8, 4) is 11.1 Å². The zero-order valence-electron chi connectivity index (χ0n) is 16.3. The van der Waals surface area contributed by atoms with E-state index in [4.69, 9.17) is 0 Å². The van der Waals surface area contributed by atoms with Crippen LogP contribution < -0.4 is 15.5 Å². The van der Waals surface area contributed by atoms with E-state index in [-0.39, 0.29) is 41.5 Å². The SMILES string of the molecule is O=C(Nc1c(-c2ccccc2F)ccnc1N1CCC(F)(F)C1)N1CC2(CNC2)C1. The van der Waals surface area contributed by atoms with Crippen LogP contribution in [0.4, 0.5) is 29.5 Å². The van der Waals surface area contributed by atoms with Gasteiger partial charge in [0.25, 0.3) is 5.92 Å². The summed E-state index contributed by atoms with van der Waals surface area (Å²) in [7, 11) is 0. The number of anilines is 2. The monoisotopic (exact) mass is 417 g/mol. The Morgan fingerprint density at radius 3 is 2.50 bits per heavy atom. The Labute approximate surface area is 172 Å². The van der Waals surface area contributed by atoms with Gasteiger partial charge in [-0.15, -0.1) is 0 Å². The molecule has 9 heteroatoms. The Kier molecular flexibility index (Phi) is 4.39. The third-order valence-corrected chi connectivity index (χ3v) is 6.14. The molecular weight excluding hydrogens is 395 g/mol. The fourth-order valence-corrected chi connectivity index (χ4v) is 4.43. The van der Waals surface area contributed by atoms with Crippen molar-refractivity contribution < 1.29 is 18.0 Å². The number of carbonyl (C=O) groups excluding carboxylic acids is 1. The van der Waals surface area contributed by atoms with E-state index >= 15 is 0 Å². The first-order chi connectivity index (χ1) is 14.4. The van der Waals surface area contributed by atoms with Gasteiger partial charge in [-0.2, -0.15) is 0 Å². The normalized spacial score (nSPS) is 21.3. The largest absolute Gasteiger partial charge is 0.349 e. The average molecular weight is 417 g/mol. The smallest absolute Gasteiger partial charge is 0.322 e. The summed E-state index contributed by atoms with van der Waals surface area (Å²) in [6.07, 6.45) is 1.18. The summed E-state index contributed by atoms with van der Waals surface area (Å²) in [6, 6.07) is 7.46. The summed E-state index contributed by atoms with van der Waals surface area (Å²) in [5, 5.41) is 6.06. The van der Waals surface area contributed by atoms with Crippen LogP contribution in [0.5, 0.6) is 0 Å². The number of rotatable bonds is 3. The maximum absolute atomic E-state index is 14.5. The summed E-state index contributed by atoms with van der Waals surface area (Å²) in [5.74, 6) is -3.04. The summed E-state index contributed by atoms with van der Waals surface area (Å²) < 4.78 is 42.2. The standard InChI is InChI=1S/C21H22F3N5O/c22-16-4-2-1-3-14(16)15-5-7-26-18(28-8-6-21(23,24)13-28)17(15)27-19(30)29-11-20(12-29)9-25-10-20/h1-5,7,25H,6,8-13H2,(H,27,30). The number of halogens is 3. The van der Waals surface area contributed by atoms with Crippen LogP contribution in [0, 0.1) is 11.2 Å². The number of pyridine rings is 1. The molecule has 5 rings (SSSR count). The third kappa shape index (κ3) is 3.27. The number of benzene rings is 1. The molecule has 30 heavy (non-hydrogen) atoms. The number of hydrogen-bond acceptors (Lipinski definition) is 4. The summed E-state index contributed by atoms with van der Waals surface area (Å²) >= 11 is 0. The van der Waals surface area contributed by atoms with Crippen molar-refractivity contribution in [3.63, 3.8) is 0 Å². The van der Waals surface area contributed by atoms with Gasteiger partial charge in [-0.05, 0) is 12.1 Å². The fourth-order valence-electron chi connectivity index (χ4n) is 4.43. The van der Waals surface area contributed by atoms with Crippen LogP contribution in [-0.2, 0) is 0 Å². The molecule has 0 bridgehead atoms. The average Bonchev–Trinajstić information content (AvgIpc) is 3.00. The van der Waals surface area contributed by atoms with E-state index < -0.39 is 18.3 Å². The second-order valence-corrected chi connectivity index (χ2v) is 8.45. The minimum atomic E-state index is -2.82. The molecule has 1 aromatic carbocycles. The quantitative estimate of drug-likeness (QED) is 0.806. The van der Waals surface area contributed by atoms with E-state index in [0.717, 1.165) is 13.1 Å². The number of nitrogens with zero attached hydrogens (tertiary/aromatic N) is 3. The van der Waals surface area contributed by atoms with Crippen LogP contribution in [0.2, 0.25) is 0 Å². The van der Waals surface area contributed by atoms with Crippen LogP contribution in [0.25, 0.3) is 11.1 Å². The molecule has 0 aliphatic carbocycles. The lowest BCUT2D eigenvalue weighted by molar-refractivity contribution is -0.00712. The molecule has 3 fully saturated rings. The molecule has 158 valence electrons. The highest BCUT2D eigenvalue weighted by molar-refractivity contribution is 5.99. The molecule has 2 aromatic rings. The van der Waals surface area contributed by atoms with Gasteiger partial charge in [0.15, 0.2) is 5.82 Å². The number of urea groups is 1. The van der Waals surface area contributed by atoms with Crippen LogP contribution in [0.15, 0.2) is 36.5 Å². The van der Waals surface area contributed by atoms with E-state index in [2.05, 4.69) is 15.6 Å². The molecule has 3 aliphatic rings. The molecule has 0 unspecified atom stereocenters. The van der Waals surface area contributed by atoms with Gasteiger partial charge in [-0.25, -0.2) is 22.9 Å². The van der Waals surface area contributed by atoms with Crippen LogP contribution in [0.3, 0.4) is 0 Å². The Morgan fingerprint density at radius 2 is 1.87 bits per heavy atom. The molecule has 1 spiro atoms.